The third kappa shape index (κ3) is 5.99. The summed E-state index contributed by atoms with van der Waals surface area (Å²) in [5, 5.41) is 21.9. The molecule has 0 bridgehead atoms. The van der Waals surface area contributed by atoms with E-state index in [9.17, 15) is 18.4 Å². The predicted molar refractivity (Wildman–Crippen MR) is 173 cm³/mol. The largest absolute Gasteiger partial charge is 0.395 e. The molecule has 8 nitrogen and oxygen atoms in total. The van der Waals surface area contributed by atoms with Crippen LogP contribution in [-0.4, -0.2) is 40.2 Å². The van der Waals surface area contributed by atoms with E-state index in [0.717, 1.165) is 43.2 Å². The minimum Gasteiger partial charge on any atom is -0.382 e. The molecule has 4 N–H and O–H groups in total. The molecular weight excluding hydrogens is 601 g/mol. The predicted octanol–water partition coefficient (Wildman–Crippen LogP) is 7.79. The Kier molecular flexibility index (Phi) is 7.81. The molecule has 0 aliphatic heterocycles. The van der Waals surface area contributed by atoms with Crippen molar-refractivity contribution >= 4 is 56.7 Å². The van der Waals surface area contributed by atoms with E-state index in [2.05, 4.69) is 25.7 Å². The van der Waals surface area contributed by atoms with Crippen LogP contribution < -0.4 is 16.5 Å². The Morgan fingerprint density at radius 1 is 1.18 bits per heavy atom. The Labute approximate surface area is 263 Å². The molecule has 2 saturated carbocycles. The van der Waals surface area contributed by atoms with Gasteiger partial charge in [0.15, 0.2) is 0 Å². The summed E-state index contributed by atoms with van der Waals surface area (Å²) in [4.78, 5) is 13.8. The van der Waals surface area contributed by atoms with Crippen molar-refractivity contribution in [3.8, 4) is 6.07 Å². The zero-order chi connectivity index (χ0) is 32.0. The molecule has 6 rings (SSSR count). The van der Waals surface area contributed by atoms with Crippen molar-refractivity contribution in [3.63, 3.8) is 0 Å². The number of pyridine rings is 2. The average molecular weight is 633 g/mol. The van der Waals surface area contributed by atoms with Gasteiger partial charge < -0.3 is 16.5 Å². The maximum atomic E-state index is 13.7. The number of fused-ring (bicyclic) bond motifs is 2. The van der Waals surface area contributed by atoms with Crippen LogP contribution in [0.1, 0.15) is 56.7 Å². The fraction of sp³-hybridized carbons (Fsp3) is 0.364. The van der Waals surface area contributed by atoms with Gasteiger partial charge in [-0.05, 0) is 75.3 Å². The second-order valence-corrected chi connectivity index (χ2v) is 12.8. The molecule has 2 aliphatic carbocycles. The minimum atomic E-state index is -4.46. The lowest BCUT2D eigenvalue weighted by Crippen LogP contribution is -2.38. The molecule has 0 unspecified atom stereocenters. The molecule has 0 spiro atoms. The van der Waals surface area contributed by atoms with E-state index >= 15 is 0 Å². The van der Waals surface area contributed by atoms with Gasteiger partial charge in [0.05, 0.1) is 44.3 Å². The number of nitrogens with one attached hydrogen (secondary N) is 2. The molecular formula is C33H32ClF3N8. The van der Waals surface area contributed by atoms with Crippen LogP contribution in [0.25, 0.3) is 21.8 Å². The first-order valence-electron chi connectivity index (χ1n) is 14.7. The van der Waals surface area contributed by atoms with Gasteiger partial charge in [-0.25, -0.2) is 0 Å². The Morgan fingerprint density at radius 2 is 1.96 bits per heavy atom. The molecule has 2 aromatic carbocycles. The summed E-state index contributed by atoms with van der Waals surface area (Å²) in [5.74, 6) is 6.61. The van der Waals surface area contributed by atoms with E-state index in [-0.39, 0.29) is 21.8 Å². The van der Waals surface area contributed by atoms with E-state index in [1.165, 1.54) is 19.0 Å². The van der Waals surface area contributed by atoms with Crippen LogP contribution in [0.15, 0.2) is 65.0 Å². The molecule has 45 heavy (non-hydrogen) atoms. The number of alkyl halides is 3. The van der Waals surface area contributed by atoms with Gasteiger partial charge in [0.25, 0.3) is 0 Å². The third-order valence-electron chi connectivity index (χ3n) is 8.82. The van der Waals surface area contributed by atoms with Gasteiger partial charge in [0.2, 0.25) is 0 Å². The third-order valence-corrected chi connectivity index (χ3v) is 9.11. The molecule has 0 radical (unpaired) electrons. The van der Waals surface area contributed by atoms with Crippen molar-refractivity contribution < 1.29 is 13.2 Å². The highest BCUT2D eigenvalue weighted by Crippen LogP contribution is 2.56. The summed E-state index contributed by atoms with van der Waals surface area (Å²) in [6.45, 7) is 1.74. The molecule has 4 aromatic rings. The molecule has 12 heteroatoms. The molecule has 0 amide bonds. The van der Waals surface area contributed by atoms with Crippen LogP contribution >= 0.6 is 11.6 Å². The van der Waals surface area contributed by atoms with Crippen molar-refractivity contribution in [1.82, 2.24) is 9.97 Å². The standard InChI is InChI=1S/C33H32ClF3N8/c1-31(2,33(35,36)37)18-42-28-19(15-38)16-41-29-24(28)13-21(14-25(29)34)44-30(23-5-3-7-26-22(23)6-4-12-40-26)27(45-39)17-43-32(10-11-32)20-8-9-20/h3-7,12-14,16-17,20,30,44H,8-11,18,39H2,1-2H3,(H,41,42)/t30-/m0/s1. The summed E-state index contributed by atoms with van der Waals surface area (Å²) in [5.41, 5.74) is 1.18. The molecule has 1 atom stereocenters. The van der Waals surface area contributed by atoms with Crippen LogP contribution in [0.2, 0.25) is 5.02 Å². The Hall–Kier alpha value is -4.43. The lowest BCUT2D eigenvalue weighted by molar-refractivity contribution is -0.206. The number of nitrogens with zero attached hydrogens (tertiary/aromatic N) is 5. The van der Waals surface area contributed by atoms with Crippen LogP contribution in [-0.2, 0) is 0 Å². The summed E-state index contributed by atoms with van der Waals surface area (Å²) >= 11 is 6.72. The molecule has 232 valence electrons. The number of hydrogen-bond donors (Lipinski definition) is 3. The van der Waals surface area contributed by atoms with Gasteiger partial charge >= 0.3 is 6.18 Å². The zero-order valence-corrected chi connectivity index (χ0v) is 25.5. The van der Waals surface area contributed by atoms with Crippen LogP contribution in [0.3, 0.4) is 0 Å². The number of hydrogen-bond acceptors (Lipinski definition) is 8. The van der Waals surface area contributed by atoms with Crippen LogP contribution in [0, 0.1) is 22.7 Å². The van der Waals surface area contributed by atoms with Crippen LogP contribution in [0.5, 0.6) is 0 Å². The highest BCUT2D eigenvalue weighted by molar-refractivity contribution is 6.36. The lowest BCUT2D eigenvalue weighted by Gasteiger charge is -2.29. The number of benzene rings is 2. The van der Waals surface area contributed by atoms with E-state index < -0.39 is 24.2 Å². The quantitative estimate of drug-likeness (QED) is 0.0931. The van der Waals surface area contributed by atoms with Crippen LogP contribution in [0.4, 0.5) is 24.5 Å². The second kappa shape index (κ2) is 11.5. The van der Waals surface area contributed by atoms with Crippen molar-refractivity contribution in [3.05, 3.63) is 71.0 Å². The Balaban J connectivity index is 1.44. The molecule has 2 heterocycles. The second-order valence-electron chi connectivity index (χ2n) is 12.4. The van der Waals surface area contributed by atoms with E-state index in [4.69, 9.17) is 22.4 Å². The molecule has 2 fully saturated rings. The summed E-state index contributed by atoms with van der Waals surface area (Å²) in [6.07, 6.45) is 4.75. The number of rotatable bonds is 10. The fourth-order valence-electron chi connectivity index (χ4n) is 5.65. The normalized spacial score (nSPS) is 17.4. The number of halogens is 4. The summed E-state index contributed by atoms with van der Waals surface area (Å²) < 4.78 is 41.1. The highest BCUT2D eigenvalue weighted by atomic mass is 35.5. The highest BCUT2D eigenvalue weighted by Gasteiger charge is 2.53. The first kappa shape index (κ1) is 30.6. The number of aromatic nitrogens is 2. The number of anilines is 2. The summed E-state index contributed by atoms with van der Waals surface area (Å²) in [7, 11) is 0. The molecule has 2 aromatic heterocycles. The topological polar surface area (TPSA) is 124 Å². The van der Waals surface area contributed by atoms with Crippen molar-refractivity contribution in [2.24, 2.45) is 27.3 Å². The van der Waals surface area contributed by atoms with E-state index in [1.807, 2.05) is 36.4 Å². The van der Waals surface area contributed by atoms with Gasteiger partial charge in [0.1, 0.15) is 11.8 Å². The van der Waals surface area contributed by atoms with E-state index in [1.54, 1.807) is 24.5 Å². The fourth-order valence-corrected chi connectivity index (χ4v) is 5.92. The zero-order valence-electron chi connectivity index (χ0n) is 24.8. The van der Waals surface area contributed by atoms with Crippen molar-refractivity contribution in [2.45, 2.75) is 57.3 Å². The number of nitriles is 1. The first-order valence-corrected chi connectivity index (χ1v) is 15.1. The average Bonchev–Trinajstić information content (AvgIpc) is 3.94. The number of hydrazone groups is 1. The monoisotopic (exact) mass is 632 g/mol. The SMILES string of the molecule is CC(C)(CNc1c(C#N)cnc2c(Cl)cc(N[C@H](C(C=NC3(C4CC4)CC3)=NN)c3cccc4ncccc34)cc12)C(F)(F)F. The van der Waals surface area contributed by atoms with Gasteiger partial charge in [-0.1, -0.05) is 29.8 Å². The van der Waals surface area contributed by atoms with Gasteiger partial charge in [-0.15, -0.1) is 0 Å². The van der Waals surface area contributed by atoms with Gasteiger partial charge in [-0.2, -0.15) is 23.5 Å². The Morgan fingerprint density at radius 3 is 2.62 bits per heavy atom. The number of nitrogens with two attached hydrogens (primary N) is 1. The maximum absolute atomic E-state index is 13.7. The minimum absolute atomic E-state index is 0.0445. The molecule has 2 aliphatic rings. The van der Waals surface area contributed by atoms with Crippen molar-refractivity contribution in [1.29, 1.82) is 5.26 Å². The van der Waals surface area contributed by atoms with Gasteiger partial charge in [0, 0.05) is 41.6 Å². The smallest absolute Gasteiger partial charge is 0.382 e. The lowest BCUT2D eigenvalue weighted by atomic mass is 9.92. The van der Waals surface area contributed by atoms with Gasteiger partial charge in [-0.3, -0.25) is 15.0 Å². The van der Waals surface area contributed by atoms with E-state index in [0.29, 0.717) is 28.2 Å². The number of aliphatic imine (C=N–C) groups is 1. The summed E-state index contributed by atoms with van der Waals surface area (Å²) in [6, 6.07) is 14.4. The van der Waals surface area contributed by atoms with Crippen molar-refractivity contribution in [2.75, 3.05) is 17.2 Å². The maximum Gasteiger partial charge on any atom is 0.395 e. The first-order chi connectivity index (χ1) is 21.5. The Bertz CT molecular complexity index is 1860. The molecule has 0 saturated heterocycles.